The highest BCUT2D eigenvalue weighted by Gasteiger charge is 2.15. The van der Waals surface area contributed by atoms with Crippen LogP contribution in [0.15, 0.2) is 35.7 Å². The first-order chi connectivity index (χ1) is 10.2. The Kier molecular flexibility index (Phi) is 5.63. The number of nitrogens with two attached hydrogens (primary N) is 1. The largest absolute Gasteiger partial charge is 0.494 e. The molecule has 0 aliphatic rings. The maximum atomic E-state index is 11.7. The highest BCUT2D eigenvalue weighted by molar-refractivity contribution is 7.10. The summed E-state index contributed by atoms with van der Waals surface area (Å²) in [5, 5.41) is 1.76. The third kappa shape index (κ3) is 4.23. The summed E-state index contributed by atoms with van der Waals surface area (Å²) in [5.41, 5.74) is 7.01. The van der Waals surface area contributed by atoms with Crippen molar-refractivity contribution in [2.45, 2.75) is 19.8 Å². The maximum absolute atomic E-state index is 11.7. The van der Waals surface area contributed by atoms with Crippen LogP contribution in [-0.4, -0.2) is 19.2 Å². The topological polar surface area (TPSA) is 61.5 Å². The molecule has 2 aromatic rings. The number of ether oxygens (including phenoxy) is 2. The second kappa shape index (κ2) is 7.69. The van der Waals surface area contributed by atoms with Gasteiger partial charge in [0, 0.05) is 10.3 Å². The standard InChI is InChI=1S/C16H19NO3S/c1-2-19-16(18)13-11-21-14(15(13)17)9-6-10-20-12-7-4-3-5-8-12/h3-5,7-8,11H,2,6,9-10,17H2,1H3. The third-order valence-corrected chi connectivity index (χ3v) is 4.03. The lowest BCUT2D eigenvalue weighted by Gasteiger charge is -2.06. The van der Waals surface area contributed by atoms with Crippen LogP contribution in [0.4, 0.5) is 5.69 Å². The summed E-state index contributed by atoms with van der Waals surface area (Å²) in [6.07, 6.45) is 1.64. The van der Waals surface area contributed by atoms with Crippen LogP contribution in [0.5, 0.6) is 5.75 Å². The van der Waals surface area contributed by atoms with Crippen LogP contribution in [0.25, 0.3) is 0 Å². The molecule has 1 aromatic heterocycles. The first-order valence-corrected chi connectivity index (χ1v) is 7.81. The normalized spacial score (nSPS) is 10.3. The monoisotopic (exact) mass is 305 g/mol. The average Bonchev–Trinajstić information content (AvgIpc) is 2.86. The Balaban J connectivity index is 1.82. The van der Waals surface area contributed by atoms with Crippen LogP contribution < -0.4 is 10.5 Å². The van der Waals surface area contributed by atoms with E-state index in [2.05, 4.69) is 0 Å². The summed E-state index contributed by atoms with van der Waals surface area (Å²) in [4.78, 5) is 12.7. The lowest BCUT2D eigenvalue weighted by molar-refractivity contribution is 0.0528. The maximum Gasteiger partial charge on any atom is 0.341 e. The molecular formula is C16H19NO3S. The molecule has 2 rings (SSSR count). The number of carbonyl (C=O) groups excluding carboxylic acids is 1. The molecule has 0 fully saturated rings. The van der Waals surface area contributed by atoms with Crippen molar-refractivity contribution in [1.82, 2.24) is 0 Å². The lowest BCUT2D eigenvalue weighted by atomic mass is 10.2. The molecule has 0 radical (unpaired) electrons. The first-order valence-electron chi connectivity index (χ1n) is 6.93. The molecule has 0 saturated carbocycles. The van der Waals surface area contributed by atoms with Gasteiger partial charge in [-0.3, -0.25) is 0 Å². The number of aryl methyl sites for hydroxylation is 1. The Labute approximate surface area is 128 Å². The fraction of sp³-hybridized carbons (Fsp3) is 0.312. The fourth-order valence-corrected chi connectivity index (χ4v) is 2.89. The van der Waals surface area contributed by atoms with Crippen LogP contribution in [-0.2, 0) is 11.2 Å². The molecule has 0 aliphatic heterocycles. The van der Waals surface area contributed by atoms with E-state index in [4.69, 9.17) is 15.2 Å². The Hall–Kier alpha value is -2.01. The van der Waals surface area contributed by atoms with Crippen LogP contribution in [0.2, 0.25) is 0 Å². The smallest absolute Gasteiger partial charge is 0.341 e. The van der Waals surface area contributed by atoms with Gasteiger partial charge in [-0.05, 0) is 31.9 Å². The summed E-state index contributed by atoms with van der Waals surface area (Å²) < 4.78 is 10.6. The number of carbonyl (C=O) groups is 1. The molecule has 1 heterocycles. The molecule has 1 aromatic carbocycles. The van der Waals surface area contributed by atoms with Crippen molar-refractivity contribution in [1.29, 1.82) is 0 Å². The summed E-state index contributed by atoms with van der Waals surface area (Å²) in [6, 6.07) is 9.70. The molecule has 5 heteroatoms. The molecule has 0 spiro atoms. The van der Waals surface area contributed by atoms with E-state index >= 15 is 0 Å². The third-order valence-electron chi connectivity index (χ3n) is 2.97. The van der Waals surface area contributed by atoms with Crippen LogP contribution in [0.1, 0.15) is 28.6 Å². The van der Waals surface area contributed by atoms with Gasteiger partial charge >= 0.3 is 5.97 Å². The Bertz CT molecular complexity index is 580. The van der Waals surface area contributed by atoms with Gasteiger partial charge in [0.25, 0.3) is 0 Å². The van der Waals surface area contributed by atoms with E-state index in [1.54, 1.807) is 12.3 Å². The van der Waals surface area contributed by atoms with E-state index < -0.39 is 0 Å². The lowest BCUT2D eigenvalue weighted by Crippen LogP contribution is -2.07. The second-order valence-corrected chi connectivity index (χ2v) is 5.44. The van der Waals surface area contributed by atoms with Gasteiger partial charge in [0.1, 0.15) is 5.75 Å². The predicted octanol–water partition coefficient (Wildman–Crippen LogP) is 3.52. The minimum atomic E-state index is -0.349. The number of hydrogen-bond acceptors (Lipinski definition) is 5. The molecule has 0 amide bonds. The van der Waals surface area contributed by atoms with Crippen molar-refractivity contribution in [3.63, 3.8) is 0 Å². The Morgan fingerprint density at radius 2 is 2.05 bits per heavy atom. The van der Waals surface area contributed by atoms with E-state index in [-0.39, 0.29) is 5.97 Å². The highest BCUT2D eigenvalue weighted by Crippen LogP contribution is 2.27. The van der Waals surface area contributed by atoms with Gasteiger partial charge < -0.3 is 15.2 Å². The van der Waals surface area contributed by atoms with Crippen molar-refractivity contribution >= 4 is 23.0 Å². The summed E-state index contributed by atoms with van der Waals surface area (Å²) in [6.45, 7) is 2.76. The van der Waals surface area contributed by atoms with Crippen molar-refractivity contribution in [2.24, 2.45) is 0 Å². The molecule has 21 heavy (non-hydrogen) atoms. The molecule has 0 unspecified atom stereocenters. The molecule has 4 nitrogen and oxygen atoms in total. The van der Waals surface area contributed by atoms with Crippen LogP contribution >= 0.6 is 11.3 Å². The fourth-order valence-electron chi connectivity index (χ4n) is 1.91. The van der Waals surface area contributed by atoms with Crippen LogP contribution in [0.3, 0.4) is 0 Å². The van der Waals surface area contributed by atoms with E-state index in [1.807, 2.05) is 30.3 Å². The Morgan fingerprint density at radius 3 is 2.76 bits per heavy atom. The Morgan fingerprint density at radius 1 is 1.29 bits per heavy atom. The van der Waals surface area contributed by atoms with Crippen LogP contribution in [0, 0.1) is 0 Å². The SMILES string of the molecule is CCOC(=O)c1csc(CCCOc2ccccc2)c1N. The van der Waals surface area contributed by atoms with Gasteiger partial charge in [0.2, 0.25) is 0 Å². The quantitative estimate of drug-likeness (QED) is 0.628. The molecule has 112 valence electrons. The van der Waals surface area contributed by atoms with Crippen molar-refractivity contribution in [2.75, 3.05) is 18.9 Å². The number of thiophene rings is 1. The number of benzene rings is 1. The minimum absolute atomic E-state index is 0.349. The first kappa shape index (κ1) is 15.4. The van der Waals surface area contributed by atoms with Crippen molar-refractivity contribution in [3.8, 4) is 5.75 Å². The number of esters is 1. The zero-order chi connectivity index (χ0) is 15.1. The number of rotatable bonds is 7. The molecule has 0 saturated heterocycles. The second-order valence-electron chi connectivity index (χ2n) is 4.47. The minimum Gasteiger partial charge on any atom is -0.494 e. The van der Waals surface area contributed by atoms with Gasteiger partial charge in [-0.15, -0.1) is 11.3 Å². The van der Waals surface area contributed by atoms with Gasteiger partial charge in [-0.2, -0.15) is 0 Å². The zero-order valence-electron chi connectivity index (χ0n) is 12.0. The van der Waals surface area contributed by atoms with Crippen molar-refractivity contribution in [3.05, 3.63) is 46.2 Å². The van der Waals surface area contributed by atoms with E-state index in [1.165, 1.54) is 11.3 Å². The molecule has 0 bridgehead atoms. The van der Waals surface area contributed by atoms with Gasteiger partial charge in [0.15, 0.2) is 0 Å². The molecule has 0 atom stereocenters. The summed E-state index contributed by atoms with van der Waals surface area (Å²) in [5.74, 6) is 0.516. The predicted molar refractivity (Wildman–Crippen MR) is 84.9 cm³/mol. The van der Waals surface area contributed by atoms with Gasteiger partial charge in [0.05, 0.1) is 24.5 Å². The summed E-state index contributed by atoms with van der Waals surface area (Å²) in [7, 11) is 0. The van der Waals surface area contributed by atoms with E-state index in [0.717, 1.165) is 23.5 Å². The number of anilines is 1. The number of hydrogen-bond donors (Lipinski definition) is 1. The molecular weight excluding hydrogens is 286 g/mol. The van der Waals surface area contributed by atoms with Crippen molar-refractivity contribution < 1.29 is 14.3 Å². The number of para-hydroxylation sites is 1. The van der Waals surface area contributed by atoms with E-state index in [0.29, 0.717) is 24.5 Å². The van der Waals surface area contributed by atoms with E-state index in [9.17, 15) is 4.79 Å². The highest BCUT2D eigenvalue weighted by atomic mass is 32.1. The van der Waals surface area contributed by atoms with Gasteiger partial charge in [-0.25, -0.2) is 4.79 Å². The average molecular weight is 305 g/mol. The number of nitrogen functional groups attached to an aromatic ring is 1. The van der Waals surface area contributed by atoms with Gasteiger partial charge in [-0.1, -0.05) is 18.2 Å². The zero-order valence-corrected chi connectivity index (χ0v) is 12.8. The molecule has 2 N–H and O–H groups in total. The summed E-state index contributed by atoms with van der Waals surface area (Å²) >= 11 is 1.50. The molecule has 0 aliphatic carbocycles.